The van der Waals surface area contributed by atoms with Crippen molar-refractivity contribution in [2.24, 2.45) is 0 Å². The first-order valence-electron chi connectivity index (χ1n) is 5.39. The molecule has 2 rings (SSSR count). The molecule has 0 bridgehead atoms. The first-order valence-corrected chi connectivity index (χ1v) is 5.77. The summed E-state index contributed by atoms with van der Waals surface area (Å²) in [6.07, 6.45) is 1.59. The molecule has 5 heteroatoms. The van der Waals surface area contributed by atoms with Crippen molar-refractivity contribution in [1.29, 1.82) is 0 Å². The molecule has 0 saturated heterocycles. The molecule has 1 N–H and O–H groups in total. The third-order valence-corrected chi connectivity index (χ3v) is 3.31. The van der Waals surface area contributed by atoms with Gasteiger partial charge in [-0.1, -0.05) is 23.7 Å². The van der Waals surface area contributed by atoms with Crippen LogP contribution in [0.25, 0.3) is 10.8 Å². The molecule has 0 radical (unpaired) electrons. The van der Waals surface area contributed by atoms with Gasteiger partial charge in [-0.25, -0.2) is 4.98 Å². The van der Waals surface area contributed by atoms with E-state index in [1.807, 2.05) is 6.07 Å². The van der Waals surface area contributed by atoms with Crippen molar-refractivity contribution < 1.29 is 14.6 Å². The van der Waals surface area contributed by atoms with Crippen molar-refractivity contribution in [3.63, 3.8) is 0 Å². The number of hydrogen-bond donors (Lipinski definition) is 1. The molecule has 0 aliphatic rings. The van der Waals surface area contributed by atoms with Gasteiger partial charge in [-0.2, -0.15) is 0 Å². The Labute approximate surface area is 109 Å². The van der Waals surface area contributed by atoms with E-state index < -0.39 is 11.9 Å². The van der Waals surface area contributed by atoms with Crippen LogP contribution in [0.3, 0.4) is 0 Å². The number of carboxylic acids is 1. The second kappa shape index (κ2) is 4.82. The van der Waals surface area contributed by atoms with Gasteiger partial charge < -0.3 is 9.84 Å². The fourth-order valence-electron chi connectivity index (χ4n) is 1.76. The van der Waals surface area contributed by atoms with Gasteiger partial charge in [-0.3, -0.25) is 4.79 Å². The van der Waals surface area contributed by atoms with Gasteiger partial charge in [-0.15, -0.1) is 0 Å². The fraction of sp³-hybridized carbons (Fsp3) is 0.231. The van der Waals surface area contributed by atoms with Gasteiger partial charge >= 0.3 is 5.97 Å². The second-order valence-electron chi connectivity index (χ2n) is 3.98. The van der Waals surface area contributed by atoms with Crippen LogP contribution in [0.5, 0.6) is 5.88 Å². The third-order valence-electron chi connectivity index (χ3n) is 2.89. The Morgan fingerprint density at radius 1 is 1.50 bits per heavy atom. The normalized spacial score (nSPS) is 12.4. The third kappa shape index (κ3) is 2.11. The highest BCUT2D eigenvalue weighted by Crippen LogP contribution is 2.32. The first-order chi connectivity index (χ1) is 8.54. The number of nitrogens with zero attached hydrogens (tertiary/aromatic N) is 1. The van der Waals surface area contributed by atoms with E-state index in [4.69, 9.17) is 21.4 Å². The zero-order valence-electron chi connectivity index (χ0n) is 9.98. The van der Waals surface area contributed by atoms with E-state index in [0.29, 0.717) is 16.5 Å². The number of pyridine rings is 1. The summed E-state index contributed by atoms with van der Waals surface area (Å²) >= 11 is 6.23. The van der Waals surface area contributed by atoms with Crippen molar-refractivity contribution >= 4 is 28.3 Å². The predicted molar refractivity (Wildman–Crippen MR) is 69.4 cm³/mol. The zero-order valence-corrected chi connectivity index (χ0v) is 10.7. The van der Waals surface area contributed by atoms with E-state index >= 15 is 0 Å². The lowest BCUT2D eigenvalue weighted by Crippen LogP contribution is -2.08. The highest BCUT2D eigenvalue weighted by atomic mass is 35.5. The Kier molecular flexibility index (Phi) is 3.39. The average Bonchev–Trinajstić information content (AvgIpc) is 2.37. The number of aliphatic carboxylic acids is 1. The summed E-state index contributed by atoms with van der Waals surface area (Å²) in [4.78, 5) is 15.1. The van der Waals surface area contributed by atoms with Crippen LogP contribution in [0.4, 0.5) is 0 Å². The molecule has 0 saturated carbocycles. The Bertz CT molecular complexity index is 612. The lowest BCUT2D eigenvalue weighted by atomic mass is 9.98. The van der Waals surface area contributed by atoms with Gasteiger partial charge in [-0.05, 0) is 17.9 Å². The van der Waals surface area contributed by atoms with Crippen molar-refractivity contribution in [2.45, 2.75) is 12.8 Å². The number of hydrogen-bond acceptors (Lipinski definition) is 3. The summed E-state index contributed by atoms with van der Waals surface area (Å²) in [6, 6.07) is 5.31. The number of carboxylic acid groups (broad SMARTS) is 1. The Balaban J connectivity index is 2.61. The van der Waals surface area contributed by atoms with Crippen molar-refractivity contribution in [1.82, 2.24) is 4.98 Å². The molecule has 94 valence electrons. The Morgan fingerprint density at radius 3 is 2.83 bits per heavy atom. The Hall–Kier alpha value is -1.81. The van der Waals surface area contributed by atoms with E-state index in [0.717, 1.165) is 10.8 Å². The number of methoxy groups -OCH3 is 1. The number of ether oxygens (including phenoxy) is 1. The maximum absolute atomic E-state index is 11.0. The minimum absolute atomic E-state index is 0.428. The molecule has 0 spiro atoms. The summed E-state index contributed by atoms with van der Waals surface area (Å²) in [5, 5.41) is 11.0. The lowest BCUT2D eigenvalue weighted by Gasteiger charge is -2.11. The van der Waals surface area contributed by atoms with Crippen LogP contribution in [0.15, 0.2) is 24.4 Å². The molecular weight excluding hydrogens is 254 g/mol. The van der Waals surface area contributed by atoms with Gasteiger partial charge in [0.05, 0.1) is 18.1 Å². The zero-order chi connectivity index (χ0) is 13.3. The fourth-order valence-corrected chi connectivity index (χ4v) is 2.14. The highest BCUT2D eigenvalue weighted by Gasteiger charge is 2.18. The molecule has 1 aromatic heterocycles. The van der Waals surface area contributed by atoms with E-state index in [1.165, 1.54) is 7.11 Å². The van der Waals surface area contributed by atoms with Gasteiger partial charge in [0.15, 0.2) is 0 Å². The van der Waals surface area contributed by atoms with Crippen LogP contribution in [0.1, 0.15) is 18.4 Å². The number of halogens is 1. The molecule has 2 aromatic rings. The Morgan fingerprint density at radius 2 is 2.22 bits per heavy atom. The number of aromatic nitrogens is 1. The predicted octanol–water partition coefficient (Wildman–Crippen LogP) is 3.08. The smallest absolute Gasteiger partial charge is 0.310 e. The highest BCUT2D eigenvalue weighted by molar-refractivity contribution is 6.36. The topological polar surface area (TPSA) is 59.4 Å². The summed E-state index contributed by atoms with van der Waals surface area (Å²) in [5.41, 5.74) is 0.587. The van der Waals surface area contributed by atoms with Gasteiger partial charge in [0.1, 0.15) is 0 Å². The van der Waals surface area contributed by atoms with E-state index in [1.54, 1.807) is 25.3 Å². The van der Waals surface area contributed by atoms with Crippen LogP contribution < -0.4 is 4.74 Å². The molecular formula is C13H12ClNO3. The number of carbonyl (C=O) groups is 1. The maximum Gasteiger partial charge on any atom is 0.310 e. The van der Waals surface area contributed by atoms with Gasteiger partial charge in [0.25, 0.3) is 0 Å². The molecule has 0 fully saturated rings. The van der Waals surface area contributed by atoms with Crippen molar-refractivity contribution in [3.05, 3.63) is 35.0 Å². The van der Waals surface area contributed by atoms with E-state index in [-0.39, 0.29) is 0 Å². The monoisotopic (exact) mass is 265 g/mol. The van der Waals surface area contributed by atoms with Crippen LogP contribution >= 0.6 is 11.6 Å². The summed E-state index contributed by atoms with van der Waals surface area (Å²) < 4.78 is 5.03. The van der Waals surface area contributed by atoms with Crippen molar-refractivity contribution in [3.8, 4) is 5.88 Å². The first kappa shape index (κ1) is 12.6. The molecule has 18 heavy (non-hydrogen) atoms. The minimum atomic E-state index is -0.905. The standard InChI is InChI=1S/C13H12ClNO3/c1-7(13(16)17)9-4-3-8-5-11(18-2)15-6-10(8)12(9)14/h3-7H,1-2H3,(H,16,17). The van der Waals surface area contributed by atoms with Crippen LogP contribution in [0, 0.1) is 0 Å². The SMILES string of the molecule is COc1cc2ccc(C(C)C(=O)O)c(Cl)c2cn1. The summed E-state index contributed by atoms with van der Waals surface area (Å²) in [5.74, 6) is -1.06. The summed E-state index contributed by atoms with van der Waals surface area (Å²) in [7, 11) is 1.54. The summed E-state index contributed by atoms with van der Waals surface area (Å²) in [6.45, 7) is 1.60. The average molecular weight is 266 g/mol. The van der Waals surface area contributed by atoms with Gasteiger partial charge in [0, 0.05) is 17.6 Å². The molecule has 0 aliphatic heterocycles. The lowest BCUT2D eigenvalue weighted by molar-refractivity contribution is -0.138. The maximum atomic E-state index is 11.0. The largest absolute Gasteiger partial charge is 0.481 e. The molecule has 4 nitrogen and oxygen atoms in total. The molecule has 1 aromatic carbocycles. The van der Waals surface area contributed by atoms with Crippen LogP contribution in [-0.2, 0) is 4.79 Å². The number of rotatable bonds is 3. The number of benzene rings is 1. The molecule has 1 heterocycles. The minimum Gasteiger partial charge on any atom is -0.481 e. The molecule has 1 unspecified atom stereocenters. The van der Waals surface area contributed by atoms with E-state index in [2.05, 4.69) is 4.98 Å². The molecule has 1 atom stereocenters. The second-order valence-corrected chi connectivity index (χ2v) is 4.35. The molecule has 0 amide bonds. The van der Waals surface area contributed by atoms with Crippen LogP contribution in [-0.4, -0.2) is 23.2 Å². The number of fused-ring (bicyclic) bond motifs is 1. The quantitative estimate of drug-likeness (QED) is 0.926. The van der Waals surface area contributed by atoms with Gasteiger partial charge in [0.2, 0.25) is 5.88 Å². The van der Waals surface area contributed by atoms with Crippen LogP contribution in [0.2, 0.25) is 5.02 Å². The molecule has 0 aliphatic carbocycles. The van der Waals surface area contributed by atoms with E-state index in [9.17, 15) is 4.79 Å². The van der Waals surface area contributed by atoms with Crippen molar-refractivity contribution in [2.75, 3.05) is 7.11 Å².